The van der Waals surface area contributed by atoms with Crippen molar-refractivity contribution in [3.05, 3.63) is 65.4 Å². The SMILES string of the molecule is CNC(c1cncc(F)c1)c1cc2cc(C)ccc2o1. The Morgan fingerprint density at radius 1 is 1.20 bits per heavy atom. The monoisotopic (exact) mass is 270 g/mol. The van der Waals surface area contributed by atoms with Crippen LogP contribution in [0.2, 0.25) is 0 Å². The van der Waals surface area contributed by atoms with Gasteiger partial charge in [-0.2, -0.15) is 0 Å². The molecule has 1 N–H and O–H groups in total. The average molecular weight is 270 g/mol. The molecular formula is C16H15FN2O. The van der Waals surface area contributed by atoms with E-state index in [4.69, 9.17) is 4.42 Å². The number of rotatable bonds is 3. The van der Waals surface area contributed by atoms with Gasteiger partial charge >= 0.3 is 0 Å². The summed E-state index contributed by atoms with van der Waals surface area (Å²) in [4.78, 5) is 3.89. The molecule has 0 spiro atoms. The predicted octanol–water partition coefficient (Wildman–Crippen LogP) is 3.58. The van der Waals surface area contributed by atoms with Crippen molar-refractivity contribution in [3.8, 4) is 0 Å². The number of benzene rings is 1. The highest BCUT2D eigenvalue weighted by Crippen LogP contribution is 2.28. The Hall–Kier alpha value is -2.20. The molecule has 20 heavy (non-hydrogen) atoms. The van der Waals surface area contributed by atoms with Gasteiger partial charge in [0.25, 0.3) is 0 Å². The molecule has 1 aromatic carbocycles. The zero-order valence-corrected chi connectivity index (χ0v) is 11.4. The lowest BCUT2D eigenvalue weighted by molar-refractivity contribution is 0.489. The third-order valence-electron chi connectivity index (χ3n) is 3.32. The summed E-state index contributed by atoms with van der Waals surface area (Å²) in [5.74, 6) is 0.398. The minimum absolute atomic E-state index is 0.217. The topological polar surface area (TPSA) is 38.1 Å². The van der Waals surface area contributed by atoms with Gasteiger partial charge in [0.1, 0.15) is 17.2 Å². The van der Waals surface area contributed by atoms with E-state index in [1.807, 2.05) is 32.2 Å². The van der Waals surface area contributed by atoms with Crippen LogP contribution in [-0.2, 0) is 0 Å². The van der Waals surface area contributed by atoms with Gasteiger partial charge in [-0.1, -0.05) is 11.6 Å². The highest BCUT2D eigenvalue weighted by molar-refractivity contribution is 5.78. The van der Waals surface area contributed by atoms with E-state index in [0.717, 1.165) is 22.3 Å². The molecule has 0 amide bonds. The van der Waals surface area contributed by atoms with Gasteiger partial charge in [0.15, 0.2) is 0 Å². The summed E-state index contributed by atoms with van der Waals surface area (Å²) < 4.78 is 19.2. The second-order valence-electron chi connectivity index (χ2n) is 4.85. The Bertz CT molecular complexity index is 751. The van der Waals surface area contributed by atoms with Crippen LogP contribution in [-0.4, -0.2) is 12.0 Å². The smallest absolute Gasteiger partial charge is 0.141 e. The molecule has 4 heteroatoms. The number of aryl methyl sites for hydroxylation is 1. The van der Waals surface area contributed by atoms with Crippen LogP contribution < -0.4 is 5.32 Å². The zero-order chi connectivity index (χ0) is 14.1. The summed E-state index contributed by atoms with van der Waals surface area (Å²) >= 11 is 0. The standard InChI is InChI=1S/C16H15FN2O/c1-10-3-4-14-11(5-10)7-15(20-14)16(18-2)12-6-13(17)9-19-8-12/h3-9,16,18H,1-2H3. The first-order chi connectivity index (χ1) is 9.67. The molecule has 0 aliphatic carbocycles. The van der Waals surface area contributed by atoms with Crippen molar-refractivity contribution >= 4 is 11.0 Å². The summed E-state index contributed by atoms with van der Waals surface area (Å²) in [5, 5.41) is 4.18. The Morgan fingerprint density at radius 3 is 2.80 bits per heavy atom. The van der Waals surface area contributed by atoms with E-state index >= 15 is 0 Å². The van der Waals surface area contributed by atoms with Crippen molar-refractivity contribution in [1.29, 1.82) is 0 Å². The van der Waals surface area contributed by atoms with E-state index in [0.29, 0.717) is 0 Å². The quantitative estimate of drug-likeness (QED) is 0.790. The van der Waals surface area contributed by atoms with Gasteiger partial charge in [0.2, 0.25) is 0 Å². The fourth-order valence-corrected chi connectivity index (χ4v) is 2.38. The molecule has 3 aromatic rings. The minimum atomic E-state index is -0.352. The van der Waals surface area contributed by atoms with Crippen molar-refractivity contribution in [2.24, 2.45) is 0 Å². The lowest BCUT2D eigenvalue weighted by Crippen LogP contribution is -2.17. The molecule has 1 unspecified atom stereocenters. The second kappa shape index (κ2) is 5.06. The molecule has 102 valence electrons. The first-order valence-electron chi connectivity index (χ1n) is 6.45. The maximum Gasteiger partial charge on any atom is 0.141 e. The van der Waals surface area contributed by atoms with Crippen LogP contribution >= 0.6 is 0 Å². The minimum Gasteiger partial charge on any atom is -0.459 e. The number of aromatic nitrogens is 1. The summed E-state index contributed by atoms with van der Waals surface area (Å²) in [6, 6.07) is 9.25. The van der Waals surface area contributed by atoms with Gasteiger partial charge in [-0.05, 0) is 43.8 Å². The highest BCUT2D eigenvalue weighted by Gasteiger charge is 2.17. The van der Waals surface area contributed by atoms with Crippen molar-refractivity contribution in [2.45, 2.75) is 13.0 Å². The fourth-order valence-electron chi connectivity index (χ4n) is 2.38. The molecule has 2 heterocycles. The van der Waals surface area contributed by atoms with Crippen LogP contribution in [0.5, 0.6) is 0 Å². The number of hydrogen-bond acceptors (Lipinski definition) is 3. The molecular weight excluding hydrogens is 255 g/mol. The predicted molar refractivity (Wildman–Crippen MR) is 76.0 cm³/mol. The number of nitrogens with one attached hydrogen (secondary N) is 1. The second-order valence-corrected chi connectivity index (χ2v) is 4.85. The van der Waals surface area contributed by atoms with Crippen LogP contribution in [0.15, 0.2) is 47.1 Å². The third-order valence-corrected chi connectivity index (χ3v) is 3.32. The van der Waals surface area contributed by atoms with Crippen LogP contribution in [0.4, 0.5) is 4.39 Å². The summed E-state index contributed by atoms with van der Waals surface area (Å²) in [6.07, 6.45) is 2.83. The molecule has 0 saturated heterocycles. The normalized spacial score (nSPS) is 12.8. The van der Waals surface area contributed by atoms with E-state index in [2.05, 4.69) is 16.4 Å². The van der Waals surface area contributed by atoms with Gasteiger partial charge in [-0.25, -0.2) is 4.39 Å². The average Bonchev–Trinajstić information content (AvgIpc) is 2.82. The Balaban J connectivity index is 2.07. The Kier molecular flexibility index (Phi) is 3.24. The fraction of sp³-hybridized carbons (Fsp3) is 0.188. The molecule has 3 rings (SSSR count). The number of halogens is 1. The molecule has 3 nitrogen and oxygen atoms in total. The molecule has 0 radical (unpaired) electrons. The highest BCUT2D eigenvalue weighted by atomic mass is 19.1. The van der Waals surface area contributed by atoms with Gasteiger partial charge < -0.3 is 9.73 Å². The summed E-state index contributed by atoms with van der Waals surface area (Å²) in [5.41, 5.74) is 2.75. The Labute approximate surface area is 116 Å². The first kappa shape index (κ1) is 12.8. The van der Waals surface area contributed by atoms with Gasteiger partial charge in [-0.3, -0.25) is 4.98 Å². The molecule has 1 atom stereocenters. The van der Waals surface area contributed by atoms with E-state index in [9.17, 15) is 4.39 Å². The van der Waals surface area contributed by atoms with Crippen molar-refractivity contribution in [2.75, 3.05) is 7.05 Å². The van der Waals surface area contributed by atoms with Crippen LogP contribution in [0.1, 0.15) is 22.9 Å². The van der Waals surface area contributed by atoms with Crippen LogP contribution in [0, 0.1) is 12.7 Å². The number of hydrogen-bond donors (Lipinski definition) is 1. The van der Waals surface area contributed by atoms with E-state index in [1.54, 1.807) is 6.20 Å². The lowest BCUT2D eigenvalue weighted by Gasteiger charge is -2.13. The van der Waals surface area contributed by atoms with Crippen molar-refractivity contribution in [3.63, 3.8) is 0 Å². The lowest BCUT2D eigenvalue weighted by atomic mass is 10.1. The van der Waals surface area contributed by atoms with Crippen molar-refractivity contribution in [1.82, 2.24) is 10.3 Å². The largest absolute Gasteiger partial charge is 0.459 e. The zero-order valence-electron chi connectivity index (χ0n) is 11.4. The molecule has 0 fully saturated rings. The van der Waals surface area contributed by atoms with E-state index in [-0.39, 0.29) is 11.9 Å². The summed E-state index contributed by atoms with van der Waals surface area (Å²) in [6.45, 7) is 2.04. The molecule has 0 saturated carbocycles. The van der Waals surface area contributed by atoms with E-state index in [1.165, 1.54) is 17.8 Å². The maximum atomic E-state index is 13.3. The van der Waals surface area contributed by atoms with Crippen LogP contribution in [0.25, 0.3) is 11.0 Å². The van der Waals surface area contributed by atoms with Gasteiger partial charge in [-0.15, -0.1) is 0 Å². The number of nitrogens with zero attached hydrogens (tertiary/aromatic N) is 1. The number of furan rings is 1. The van der Waals surface area contributed by atoms with Gasteiger partial charge in [0.05, 0.1) is 12.2 Å². The van der Waals surface area contributed by atoms with Gasteiger partial charge in [0, 0.05) is 11.6 Å². The first-order valence-corrected chi connectivity index (χ1v) is 6.45. The molecule has 0 aliphatic rings. The molecule has 0 bridgehead atoms. The van der Waals surface area contributed by atoms with E-state index < -0.39 is 0 Å². The summed E-state index contributed by atoms with van der Waals surface area (Å²) in [7, 11) is 1.81. The number of pyridine rings is 1. The molecule has 2 aromatic heterocycles. The Morgan fingerprint density at radius 2 is 2.05 bits per heavy atom. The van der Waals surface area contributed by atoms with Crippen LogP contribution in [0.3, 0.4) is 0 Å². The van der Waals surface area contributed by atoms with Crippen molar-refractivity contribution < 1.29 is 8.81 Å². The number of fused-ring (bicyclic) bond motifs is 1. The maximum absolute atomic E-state index is 13.3. The third kappa shape index (κ3) is 2.30. The molecule has 0 aliphatic heterocycles.